The molecule has 2 aromatic rings. The van der Waals surface area contributed by atoms with Crippen molar-refractivity contribution >= 4 is 35.2 Å². The Morgan fingerprint density at radius 3 is 2.30 bits per heavy atom. The van der Waals surface area contributed by atoms with Gasteiger partial charge in [0.05, 0.1) is 12.3 Å². The highest BCUT2D eigenvalue weighted by molar-refractivity contribution is 7.99. The van der Waals surface area contributed by atoms with E-state index in [9.17, 15) is 14.4 Å². The van der Waals surface area contributed by atoms with Gasteiger partial charge in [0.25, 0.3) is 5.91 Å². The van der Waals surface area contributed by atoms with Crippen LogP contribution in [0.2, 0.25) is 0 Å². The van der Waals surface area contributed by atoms with Crippen molar-refractivity contribution in [3.05, 3.63) is 42.2 Å². The van der Waals surface area contributed by atoms with Crippen molar-refractivity contribution in [2.24, 2.45) is 7.05 Å². The first-order chi connectivity index (χ1) is 16.0. The molecule has 9 nitrogen and oxygen atoms in total. The van der Waals surface area contributed by atoms with Crippen LogP contribution >= 0.6 is 11.8 Å². The number of hydrogen-bond acceptors (Lipinski definition) is 6. The molecule has 1 aromatic carbocycles. The van der Waals surface area contributed by atoms with Crippen molar-refractivity contribution in [1.29, 1.82) is 0 Å². The summed E-state index contributed by atoms with van der Waals surface area (Å²) in [5.74, 6) is 0.310. The average molecular weight is 471 g/mol. The zero-order chi connectivity index (χ0) is 23.2. The molecule has 1 N–H and O–H groups in total. The van der Waals surface area contributed by atoms with E-state index in [-0.39, 0.29) is 23.5 Å². The van der Waals surface area contributed by atoms with Crippen LogP contribution in [0.1, 0.15) is 23.2 Å². The molecule has 3 heterocycles. The van der Waals surface area contributed by atoms with Crippen LogP contribution < -0.4 is 5.32 Å². The summed E-state index contributed by atoms with van der Waals surface area (Å²) in [5, 5.41) is 3.64. The number of hydrogen-bond donors (Lipinski definition) is 1. The molecular weight excluding hydrogens is 440 g/mol. The third-order valence-electron chi connectivity index (χ3n) is 6.00. The van der Waals surface area contributed by atoms with E-state index >= 15 is 0 Å². The number of carbonyl (C=O) groups excluding carboxylic acids is 3. The molecule has 0 atom stereocenters. The molecule has 4 rings (SSSR count). The SMILES string of the molecule is Cn1ccnc1SCC(=O)Nc1ccc(C(=O)N2CCN(CC(=O)N3CCCC3)CC2)cc1. The molecule has 0 bridgehead atoms. The highest BCUT2D eigenvalue weighted by Crippen LogP contribution is 2.17. The van der Waals surface area contributed by atoms with Crippen molar-refractivity contribution in [2.45, 2.75) is 18.0 Å². The van der Waals surface area contributed by atoms with E-state index < -0.39 is 0 Å². The number of benzene rings is 1. The average Bonchev–Trinajstić information content (AvgIpc) is 3.50. The lowest BCUT2D eigenvalue weighted by molar-refractivity contribution is -0.131. The normalized spacial score (nSPS) is 16.8. The zero-order valence-electron chi connectivity index (χ0n) is 18.9. The molecule has 0 unspecified atom stereocenters. The molecule has 0 aliphatic carbocycles. The van der Waals surface area contributed by atoms with Gasteiger partial charge in [0.2, 0.25) is 11.8 Å². The Morgan fingerprint density at radius 2 is 1.67 bits per heavy atom. The highest BCUT2D eigenvalue weighted by Gasteiger charge is 2.25. The van der Waals surface area contributed by atoms with Gasteiger partial charge in [-0.15, -0.1) is 0 Å². The van der Waals surface area contributed by atoms with Gasteiger partial charge < -0.3 is 19.7 Å². The van der Waals surface area contributed by atoms with Gasteiger partial charge in [0.15, 0.2) is 5.16 Å². The molecule has 2 aliphatic heterocycles. The van der Waals surface area contributed by atoms with Crippen LogP contribution in [0.25, 0.3) is 0 Å². The first kappa shape index (κ1) is 23.3. The molecule has 2 aliphatic rings. The van der Waals surface area contributed by atoms with Crippen LogP contribution in [0.15, 0.2) is 41.8 Å². The lowest BCUT2D eigenvalue weighted by Gasteiger charge is -2.35. The van der Waals surface area contributed by atoms with E-state index in [4.69, 9.17) is 0 Å². The van der Waals surface area contributed by atoms with Crippen LogP contribution in [0, 0.1) is 0 Å². The van der Waals surface area contributed by atoms with E-state index in [1.54, 1.807) is 30.5 Å². The summed E-state index contributed by atoms with van der Waals surface area (Å²) in [4.78, 5) is 47.5. The number of amides is 3. The number of piperazine rings is 1. The van der Waals surface area contributed by atoms with Gasteiger partial charge in [0.1, 0.15) is 0 Å². The van der Waals surface area contributed by atoms with Crippen molar-refractivity contribution in [2.75, 3.05) is 56.9 Å². The number of aryl methyl sites for hydroxylation is 1. The lowest BCUT2D eigenvalue weighted by Crippen LogP contribution is -2.51. The number of rotatable bonds is 7. The Bertz CT molecular complexity index is 978. The standard InChI is InChI=1S/C23H30N6O3S/c1-26-11-8-24-23(26)33-17-20(30)25-19-6-4-18(5-7-19)22(32)29-14-12-27(13-15-29)16-21(31)28-9-2-3-10-28/h4-8,11H,2-3,9-10,12-17H2,1H3,(H,25,30). The Kier molecular flexibility index (Phi) is 7.66. The molecule has 0 saturated carbocycles. The smallest absolute Gasteiger partial charge is 0.253 e. The Labute approximate surface area is 198 Å². The number of likely N-dealkylation sites (tertiary alicyclic amines) is 1. The minimum atomic E-state index is -0.123. The fraction of sp³-hybridized carbons (Fsp3) is 0.478. The summed E-state index contributed by atoms with van der Waals surface area (Å²) in [6, 6.07) is 6.99. The second-order valence-corrected chi connectivity index (χ2v) is 9.33. The molecule has 2 fully saturated rings. The van der Waals surface area contributed by atoms with Crippen molar-refractivity contribution in [1.82, 2.24) is 24.3 Å². The zero-order valence-corrected chi connectivity index (χ0v) is 19.7. The number of imidazole rings is 1. The number of nitrogens with zero attached hydrogens (tertiary/aromatic N) is 5. The Balaban J connectivity index is 1.21. The van der Waals surface area contributed by atoms with Gasteiger partial charge in [-0.25, -0.2) is 4.98 Å². The number of thioether (sulfide) groups is 1. The topological polar surface area (TPSA) is 90.8 Å². The second kappa shape index (κ2) is 10.8. The minimum absolute atomic E-state index is 0.0243. The largest absolute Gasteiger partial charge is 0.342 e. The van der Waals surface area contributed by atoms with E-state index in [0.29, 0.717) is 44.0 Å². The number of carbonyl (C=O) groups is 3. The van der Waals surface area contributed by atoms with Crippen molar-refractivity contribution in [3.63, 3.8) is 0 Å². The van der Waals surface area contributed by atoms with Gasteiger partial charge >= 0.3 is 0 Å². The summed E-state index contributed by atoms with van der Waals surface area (Å²) in [7, 11) is 1.89. The van der Waals surface area contributed by atoms with Crippen LogP contribution in [0.3, 0.4) is 0 Å². The number of aromatic nitrogens is 2. The first-order valence-corrected chi connectivity index (χ1v) is 12.3. The minimum Gasteiger partial charge on any atom is -0.342 e. The fourth-order valence-corrected chi connectivity index (χ4v) is 4.80. The van der Waals surface area contributed by atoms with E-state index in [0.717, 1.165) is 31.1 Å². The Hall–Kier alpha value is -2.85. The van der Waals surface area contributed by atoms with E-state index in [1.165, 1.54) is 11.8 Å². The maximum Gasteiger partial charge on any atom is 0.253 e. The number of nitrogens with one attached hydrogen (secondary N) is 1. The molecule has 10 heteroatoms. The summed E-state index contributed by atoms with van der Waals surface area (Å²) in [6.45, 7) is 4.80. The predicted octanol–water partition coefficient (Wildman–Crippen LogP) is 1.53. The third kappa shape index (κ3) is 6.14. The maximum absolute atomic E-state index is 12.9. The lowest BCUT2D eigenvalue weighted by atomic mass is 10.1. The summed E-state index contributed by atoms with van der Waals surface area (Å²) >= 11 is 1.37. The molecule has 2 saturated heterocycles. The molecule has 0 radical (unpaired) electrons. The predicted molar refractivity (Wildman–Crippen MR) is 127 cm³/mol. The monoisotopic (exact) mass is 470 g/mol. The summed E-state index contributed by atoms with van der Waals surface area (Å²) in [5.41, 5.74) is 1.25. The number of anilines is 1. The van der Waals surface area contributed by atoms with Gasteiger partial charge in [-0.3, -0.25) is 19.3 Å². The molecule has 3 amide bonds. The third-order valence-corrected chi connectivity index (χ3v) is 7.06. The van der Waals surface area contributed by atoms with Gasteiger partial charge in [-0.05, 0) is 37.1 Å². The van der Waals surface area contributed by atoms with E-state index in [2.05, 4.69) is 15.2 Å². The molecule has 1 aromatic heterocycles. The quantitative estimate of drug-likeness (QED) is 0.618. The van der Waals surface area contributed by atoms with Gasteiger partial charge in [0, 0.05) is 70.0 Å². The van der Waals surface area contributed by atoms with Crippen LogP contribution in [0.4, 0.5) is 5.69 Å². The summed E-state index contributed by atoms with van der Waals surface area (Å²) in [6.07, 6.45) is 5.73. The molecule has 33 heavy (non-hydrogen) atoms. The van der Waals surface area contributed by atoms with E-state index in [1.807, 2.05) is 27.6 Å². The molecule has 176 valence electrons. The van der Waals surface area contributed by atoms with Crippen LogP contribution in [-0.2, 0) is 16.6 Å². The van der Waals surface area contributed by atoms with Gasteiger partial charge in [-0.2, -0.15) is 0 Å². The van der Waals surface area contributed by atoms with Crippen LogP contribution in [-0.4, -0.2) is 93.5 Å². The Morgan fingerprint density at radius 1 is 0.970 bits per heavy atom. The highest BCUT2D eigenvalue weighted by atomic mass is 32.2. The van der Waals surface area contributed by atoms with Crippen LogP contribution in [0.5, 0.6) is 0 Å². The first-order valence-electron chi connectivity index (χ1n) is 11.3. The second-order valence-electron chi connectivity index (χ2n) is 8.39. The molecule has 0 spiro atoms. The maximum atomic E-state index is 12.9. The van der Waals surface area contributed by atoms with Gasteiger partial charge in [-0.1, -0.05) is 11.8 Å². The molecular formula is C23H30N6O3S. The summed E-state index contributed by atoms with van der Waals surface area (Å²) < 4.78 is 1.86. The fourth-order valence-electron chi connectivity index (χ4n) is 4.06. The van der Waals surface area contributed by atoms with Crippen molar-refractivity contribution < 1.29 is 14.4 Å². The van der Waals surface area contributed by atoms with Crippen molar-refractivity contribution in [3.8, 4) is 0 Å².